The van der Waals surface area contributed by atoms with E-state index in [4.69, 9.17) is 9.15 Å². The molecule has 0 bridgehead atoms. The summed E-state index contributed by atoms with van der Waals surface area (Å²) < 4.78 is 10.7. The first-order valence-electron chi connectivity index (χ1n) is 10.4. The second kappa shape index (κ2) is 7.70. The molecule has 0 spiro atoms. The molecule has 2 heterocycles. The fourth-order valence-corrected chi connectivity index (χ4v) is 4.55. The second-order valence-electron chi connectivity index (χ2n) is 8.35. The van der Waals surface area contributed by atoms with E-state index in [9.17, 15) is 19.2 Å². The van der Waals surface area contributed by atoms with Gasteiger partial charge in [-0.05, 0) is 56.9 Å². The Morgan fingerprint density at radius 2 is 1.67 bits per heavy atom. The predicted octanol–water partition coefficient (Wildman–Crippen LogP) is 3.02. The maximum absolute atomic E-state index is 12.7. The van der Waals surface area contributed by atoms with Crippen molar-refractivity contribution in [2.45, 2.75) is 59.1 Å². The van der Waals surface area contributed by atoms with Gasteiger partial charge in [-0.3, -0.25) is 14.5 Å². The van der Waals surface area contributed by atoms with Crippen LogP contribution in [0.1, 0.15) is 49.3 Å². The highest BCUT2D eigenvalue weighted by Crippen LogP contribution is 2.39. The van der Waals surface area contributed by atoms with Gasteiger partial charge in [0.1, 0.15) is 18.2 Å². The summed E-state index contributed by atoms with van der Waals surface area (Å²) in [7, 11) is 0. The normalized spacial score (nSPS) is 22.3. The minimum absolute atomic E-state index is 0.142. The molecule has 3 atom stereocenters. The molecule has 0 radical (unpaired) electrons. The average molecular weight is 411 g/mol. The SMILES string of the molecule is Cc1cc2oc(=O)cc(COC(=O)[C@H](C)N3C(=O)[C@@H]4CCCC[C@H]4C3=O)c2cc1C. The number of hydrogen-bond acceptors (Lipinski definition) is 6. The largest absolute Gasteiger partial charge is 0.459 e. The molecule has 0 N–H and O–H groups in total. The Morgan fingerprint density at radius 3 is 2.30 bits per heavy atom. The molecular formula is C23H25NO6. The molecular weight excluding hydrogens is 386 g/mol. The number of esters is 1. The van der Waals surface area contributed by atoms with Crippen LogP contribution in [0.3, 0.4) is 0 Å². The maximum atomic E-state index is 12.7. The number of likely N-dealkylation sites (tertiary alicyclic amines) is 1. The Bertz CT molecular complexity index is 1080. The van der Waals surface area contributed by atoms with Crippen LogP contribution in [0.15, 0.2) is 27.4 Å². The first-order valence-corrected chi connectivity index (χ1v) is 10.4. The van der Waals surface area contributed by atoms with Crippen molar-refractivity contribution >= 4 is 28.8 Å². The Balaban J connectivity index is 1.52. The zero-order valence-corrected chi connectivity index (χ0v) is 17.4. The van der Waals surface area contributed by atoms with Gasteiger partial charge < -0.3 is 9.15 Å². The van der Waals surface area contributed by atoms with Gasteiger partial charge in [-0.1, -0.05) is 12.8 Å². The molecule has 7 heteroatoms. The van der Waals surface area contributed by atoms with Crippen LogP contribution in [0, 0.1) is 25.7 Å². The van der Waals surface area contributed by atoms with E-state index in [1.165, 1.54) is 13.0 Å². The number of fused-ring (bicyclic) bond motifs is 2. The fourth-order valence-electron chi connectivity index (χ4n) is 4.55. The second-order valence-corrected chi connectivity index (χ2v) is 8.35. The van der Waals surface area contributed by atoms with Crippen LogP contribution in [0.25, 0.3) is 11.0 Å². The summed E-state index contributed by atoms with van der Waals surface area (Å²) in [6, 6.07) is 3.98. The van der Waals surface area contributed by atoms with Gasteiger partial charge in [0.2, 0.25) is 11.8 Å². The third-order valence-corrected chi connectivity index (χ3v) is 6.42. The van der Waals surface area contributed by atoms with Crippen LogP contribution in [-0.4, -0.2) is 28.7 Å². The van der Waals surface area contributed by atoms with Gasteiger partial charge >= 0.3 is 11.6 Å². The zero-order valence-electron chi connectivity index (χ0n) is 17.4. The monoisotopic (exact) mass is 411 g/mol. The van der Waals surface area contributed by atoms with Crippen molar-refractivity contribution in [1.29, 1.82) is 0 Å². The van der Waals surface area contributed by atoms with Gasteiger partial charge in [0.15, 0.2) is 0 Å². The van der Waals surface area contributed by atoms with Crippen molar-refractivity contribution in [3.8, 4) is 0 Å². The van der Waals surface area contributed by atoms with Gasteiger partial charge in [0, 0.05) is 17.0 Å². The van der Waals surface area contributed by atoms with E-state index in [0.717, 1.165) is 28.9 Å². The number of rotatable bonds is 4. The molecule has 0 unspecified atom stereocenters. The molecule has 2 aromatic rings. The minimum atomic E-state index is -0.994. The first-order chi connectivity index (χ1) is 14.3. The topological polar surface area (TPSA) is 93.9 Å². The van der Waals surface area contributed by atoms with E-state index in [1.807, 2.05) is 19.9 Å². The molecule has 1 aliphatic carbocycles. The molecule has 2 amide bonds. The molecule has 1 aromatic heterocycles. The lowest BCUT2D eigenvalue weighted by atomic mass is 9.81. The number of carbonyl (C=O) groups excluding carboxylic acids is 3. The fraction of sp³-hybridized carbons (Fsp3) is 0.478. The zero-order chi connectivity index (χ0) is 21.6. The molecule has 2 aliphatic rings. The Hall–Kier alpha value is -2.96. The van der Waals surface area contributed by atoms with Crippen LogP contribution in [0.4, 0.5) is 0 Å². The van der Waals surface area contributed by atoms with Crippen molar-refractivity contribution in [2.24, 2.45) is 11.8 Å². The van der Waals surface area contributed by atoms with Gasteiger partial charge in [0.05, 0.1) is 11.8 Å². The van der Waals surface area contributed by atoms with Gasteiger partial charge in [-0.2, -0.15) is 0 Å². The quantitative estimate of drug-likeness (QED) is 0.436. The summed E-state index contributed by atoms with van der Waals surface area (Å²) >= 11 is 0. The van der Waals surface area contributed by atoms with E-state index in [0.29, 0.717) is 29.4 Å². The van der Waals surface area contributed by atoms with Gasteiger partial charge in [0.25, 0.3) is 0 Å². The van der Waals surface area contributed by atoms with Crippen molar-refractivity contribution in [3.63, 3.8) is 0 Å². The molecule has 30 heavy (non-hydrogen) atoms. The highest BCUT2D eigenvalue weighted by molar-refractivity contribution is 6.07. The maximum Gasteiger partial charge on any atom is 0.336 e. The summed E-state index contributed by atoms with van der Waals surface area (Å²) in [5.74, 6) is -1.83. The van der Waals surface area contributed by atoms with Crippen molar-refractivity contribution in [3.05, 3.63) is 45.3 Å². The number of imide groups is 1. The smallest absolute Gasteiger partial charge is 0.336 e. The number of carbonyl (C=O) groups is 3. The Morgan fingerprint density at radius 1 is 1.07 bits per heavy atom. The van der Waals surface area contributed by atoms with Gasteiger partial charge in [-0.15, -0.1) is 0 Å². The highest BCUT2D eigenvalue weighted by Gasteiger charge is 2.51. The van der Waals surface area contributed by atoms with Gasteiger partial charge in [-0.25, -0.2) is 9.59 Å². The van der Waals surface area contributed by atoms with Crippen LogP contribution >= 0.6 is 0 Å². The molecule has 2 fully saturated rings. The summed E-state index contributed by atoms with van der Waals surface area (Å²) in [5, 5.41) is 0.692. The van der Waals surface area contributed by atoms with E-state index < -0.39 is 17.6 Å². The molecule has 1 saturated carbocycles. The first kappa shape index (κ1) is 20.3. The van der Waals surface area contributed by atoms with E-state index >= 15 is 0 Å². The molecule has 1 saturated heterocycles. The summed E-state index contributed by atoms with van der Waals surface area (Å²) in [5.41, 5.74) is 2.43. The molecule has 4 rings (SSSR count). The Kier molecular flexibility index (Phi) is 5.22. The minimum Gasteiger partial charge on any atom is -0.459 e. The summed E-state index contributed by atoms with van der Waals surface area (Å²) in [6.45, 7) is 5.24. The van der Waals surface area contributed by atoms with Crippen molar-refractivity contribution in [1.82, 2.24) is 4.90 Å². The lowest BCUT2D eigenvalue weighted by Gasteiger charge is -2.21. The third-order valence-electron chi connectivity index (χ3n) is 6.42. The molecule has 1 aliphatic heterocycles. The van der Waals surface area contributed by atoms with Crippen LogP contribution in [0.5, 0.6) is 0 Å². The number of amides is 2. The third kappa shape index (κ3) is 3.42. The van der Waals surface area contributed by atoms with E-state index in [1.54, 1.807) is 6.07 Å². The van der Waals surface area contributed by atoms with E-state index in [-0.39, 0.29) is 30.3 Å². The van der Waals surface area contributed by atoms with Crippen LogP contribution < -0.4 is 5.63 Å². The molecule has 158 valence electrons. The van der Waals surface area contributed by atoms with Crippen LogP contribution in [0.2, 0.25) is 0 Å². The summed E-state index contributed by atoms with van der Waals surface area (Å²) in [4.78, 5) is 51.1. The number of aryl methyl sites for hydroxylation is 2. The van der Waals surface area contributed by atoms with Crippen LogP contribution in [-0.2, 0) is 25.7 Å². The number of benzene rings is 1. The predicted molar refractivity (Wildman–Crippen MR) is 109 cm³/mol. The van der Waals surface area contributed by atoms with E-state index in [2.05, 4.69) is 0 Å². The highest BCUT2D eigenvalue weighted by atomic mass is 16.5. The average Bonchev–Trinajstić information content (AvgIpc) is 2.97. The Labute approximate surface area is 174 Å². The number of hydrogen-bond donors (Lipinski definition) is 0. The molecule has 1 aromatic carbocycles. The number of nitrogens with zero attached hydrogens (tertiary/aromatic N) is 1. The number of ether oxygens (including phenoxy) is 1. The van der Waals surface area contributed by atoms with Crippen molar-refractivity contribution in [2.75, 3.05) is 0 Å². The standard InChI is InChI=1S/C23H25NO6/c1-12-8-18-15(10-20(25)30-19(18)9-13(12)2)11-29-23(28)14(3)24-21(26)16-6-4-5-7-17(16)22(24)27/h8-10,14,16-17H,4-7,11H2,1-3H3/t14-,16+,17+/m0/s1. The summed E-state index contributed by atoms with van der Waals surface area (Å²) in [6.07, 6.45) is 3.24. The lowest BCUT2D eigenvalue weighted by molar-refractivity contribution is -0.159. The van der Waals surface area contributed by atoms with Crippen molar-refractivity contribution < 1.29 is 23.5 Å². The lowest BCUT2D eigenvalue weighted by Crippen LogP contribution is -2.44. The molecule has 7 nitrogen and oxygen atoms in total.